The predicted molar refractivity (Wildman–Crippen MR) is 116 cm³/mol. The predicted octanol–water partition coefficient (Wildman–Crippen LogP) is 6.99. The minimum absolute atomic E-state index is 0.276. The Balaban J connectivity index is 1.58. The summed E-state index contributed by atoms with van der Waals surface area (Å²) in [6.07, 6.45) is 17.1. The van der Waals surface area contributed by atoms with E-state index in [1.807, 2.05) is 0 Å². The zero-order valence-corrected chi connectivity index (χ0v) is 19.3. The number of hydrogen-bond donors (Lipinski definition) is 1. The summed E-state index contributed by atoms with van der Waals surface area (Å²) in [7, 11) is -1.41. The van der Waals surface area contributed by atoms with E-state index in [0.717, 1.165) is 41.0 Å². The number of rotatable bonds is 3. The first kappa shape index (κ1) is 19.5. The molecule has 0 bridgehead atoms. The van der Waals surface area contributed by atoms with E-state index in [4.69, 9.17) is 0 Å². The van der Waals surface area contributed by atoms with Crippen LogP contribution in [0.1, 0.15) is 91.4 Å². The Hall–Kier alpha value is 0.177. The first-order chi connectivity index (χ1) is 12.2. The van der Waals surface area contributed by atoms with E-state index in [1.54, 1.807) is 44.9 Å². The number of fused-ring (bicyclic) bond motifs is 2. The van der Waals surface area contributed by atoms with Gasteiger partial charge in [-0.25, -0.2) is 0 Å². The molecule has 1 N–H and O–H groups in total. The molecule has 0 spiro atoms. The maximum absolute atomic E-state index is 4.19. The molecule has 0 heterocycles. The molecular formula is C24H45NSi. The average Bonchev–Trinajstić information content (AvgIpc) is 3.15. The summed E-state index contributed by atoms with van der Waals surface area (Å²) in [4.78, 5) is 4.19. The van der Waals surface area contributed by atoms with Crippen molar-refractivity contribution < 1.29 is 0 Å². The summed E-state index contributed by atoms with van der Waals surface area (Å²) in [6, 6.07) is 0. The number of hydrogen-bond acceptors (Lipinski definition) is 1. The fourth-order valence-corrected chi connectivity index (χ4v) is 12.8. The van der Waals surface area contributed by atoms with Gasteiger partial charge >= 0.3 is 0 Å². The van der Waals surface area contributed by atoms with Crippen LogP contribution in [0.5, 0.6) is 0 Å². The van der Waals surface area contributed by atoms with Gasteiger partial charge in [-0.15, -0.1) is 0 Å². The zero-order valence-electron chi connectivity index (χ0n) is 18.3. The van der Waals surface area contributed by atoms with Crippen molar-refractivity contribution in [1.29, 1.82) is 0 Å². The third-order valence-electron chi connectivity index (χ3n) is 8.99. The molecule has 0 aliphatic heterocycles. The summed E-state index contributed by atoms with van der Waals surface area (Å²) in [6.45, 7) is 12.5. The zero-order chi connectivity index (χ0) is 18.5. The lowest BCUT2D eigenvalue weighted by molar-refractivity contribution is 0.0945. The topological polar surface area (TPSA) is 12.0 Å². The maximum Gasteiger partial charge on any atom is 0.123 e. The molecule has 6 unspecified atom stereocenters. The minimum atomic E-state index is -1.41. The highest BCUT2D eigenvalue weighted by atomic mass is 28.3. The Labute approximate surface area is 164 Å². The van der Waals surface area contributed by atoms with Gasteiger partial charge in [0, 0.05) is 5.54 Å². The Kier molecular flexibility index (Phi) is 5.41. The molecule has 4 rings (SSSR count). The lowest BCUT2D eigenvalue weighted by atomic mass is 9.65. The maximum atomic E-state index is 4.19. The highest BCUT2D eigenvalue weighted by molar-refractivity contribution is 6.76. The third kappa shape index (κ3) is 3.84. The highest BCUT2D eigenvalue weighted by Gasteiger charge is 2.55. The molecule has 0 radical (unpaired) electrons. The van der Waals surface area contributed by atoms with Crippen molar-refractivity contribution in [2.24, 2.45) is 35.5 Å². The van der Waals surface area contributed by atoms with E-state index in [9.17, 15) is 0 Å². The van der Waals surface area contributed by atoms with Crippen LogP contribution in [0.15, 0.2) is 0 Å². The van der Waals surface area contributed by atoms with Crippen LogP contribution in [-0.2, 0) is 0 Å². The van der Waals surface area contributed by atoms with Gasteiger partial charge in [0.1, 0.15) is 8.24 Å². The van der Waals surface area contributed by atoms with E-state index in [2.05, 4.69) is 38.8 Å². The van der Waals surface area contributed by atoms with Crippen LogP contribution < -0.4 is 4.98 Å². The van der Waals surface area contributed by atoms with Gasteiger partial charge in [0.05, 0.1) is 0 Å². The molecule has 0 saturated heterocycles. The lowest BCUT2D eigenvalue weighted by Crippen LogP contribution is -2.58. The van der Waals surface area contributed by atoms with Crippen LogP contribution in [0.2, 0.25) is 18.6 Å². The molecule has 4 aliphatic carbocycles. The molecule has 0 aromatic heterocycles. The monoisotopic (exact) mass is 375 g/mol. The lowest BCUT2D eigenvalue weighted by Gasteiger charge is -2.45. The van der Waals surface area contributed by atoms with Crippen molar-refractivity contribution in [3.05, 3.63) is 0 Å². The summed E-state index contributed by atoms with van der Waals surface area (Å²) in [5.74, 6) is 6.54. The highest BCUT2D eigenvalue weighted by Crippen LogP contribution is 2.62. The van der Waals surface area contributed by atoms with Crippen LogP contribution in [0.3, 0.4) is 0 Å². The van der Waals surface area contributed by atoms with Gasteiger partial charge in [-0.05, 0) is 81.1 Å². The van der Waals surface area contributed by atoms with Gasteiger partial charge < -0.3 is 4.98 Å². The van der Waals surface area contributed by atoms with Gasteiger partial charge in [0.25, 0.3) is 0 Å². The Morgan fingerprint density at radius 1 is 0.654 bits per heavy atom. The minimum Gasteiger partial charge on any atom is -0.332 e. The first-order valence-electron chi connectivity index (χ1n) is 12.0. The van der Waals surface area contributed by atoms with E-state index >= 15 is 0 Å². The standard InChI is InChI=1S/C24H45NSi/c1-24(2,3)25-26(4,5)23-16-20(17-10-7-6-8-11-17)21-14-18-12-9-13-19(18)15-22(21)23/h17-23,25H,6-16H2,1-5H3. The van der Waals surface area contributed by atoms with Crippen LogP contribution in [0.4, 0.5) is 0 Å². The second-order valence-electron chi connectivity index (χ2n) is 12.3. The number of nitrogens with one attached hydrogen (secondary N) is 1. The van der Waals surface area contributed by atoms with E-state index in [-0.39, 0.29) is 5.54 Å². The van der Waals surface area contributed by atoms with Gasteiger partial charge in [-0.1, -0.05) is 64.5 Å². The molecule has 0 aromatic rings. The van der Waals surface area contributed by atoms with Crippen molar-refractivity contribution in [2.45, 2.75) is 116 Å². The third-order valence-corrected chi connectivity index (χ3v) is 12.9. The molecule has 26 heavy (non-hydrogen) atoms. The Morgan fingerprint density at radius 2 is 1.23 bits per heavy atom. The average molecular weight is 376 g/mol. The molecule has 4 fully saturated rings. The van der Waals surface area contributed by atoms with Gasteiger partial charge in [-0.2, -0.15) is 0 Å². The fraction of sp³-hybridized carbons (Fsp3) is 1.00. The van der Waals surface area contributed by atoms with Crippen molar-refractivity contribution >= 4 is 8.24 Å². The Morgan fingerprint density at radius 3 is 1.85 bits per heavy atom. The molecule has 2 heteroatoms. The van der Waals surface area contributed by atoms with Crippen LogP contribution in [0.25, 0.3) is 0 Å². The van der Waals surface area contributed by atoms with E-state index in [0.29, 0.717) is 0 Å². The van der Waals surface area contributed by atoms with Gasteiger partial charge in [0.2, 0.25) is 0 Å². The molecule has 4 aliphatic rings. The van der Waals surface area contributed by atoms with E-state index in [1.165, 1.54) is 25.7 Å². The van der Waals surface area contributed by atoms with E-state index < -0.39 is 8.24 Å². The first-order valence-corrected chi connectivity index (χ1v) is 15.1. The second-order valence-corrected chi connectivity index (χ2v) is 16.7. The Bertz CT molecular complexity index is 487. The normalized spacial score (nSPS) is 41.9. The van der Waals surface area contributed by atoms with Gasteiger partial charge in [-0.3, -0.25) is 0 Å². The summed E-state index contributed by atoms with van der Waals surface area (Å²) in [5, 5.41) is 0. The van der Waals surface area contributed by atoms with Crippen molar-refractivity contribution in [3.8, 4) is 0 Å². The van der Waals surface area contributed by atoms with Gasteiger partial charge in [0.15, 0.2) is 0 Å². The molecule has 0 amide bonds. The van der Waals surface area contributed by atoms with Crippen molar-refractivity contribution in [1.82, 2.24) is 4.98 Å². The molecule has 0 aromatic carbocycles. The molecular weight excluding hydrogens is 330 g/mol. The van der Waals surface area contributed by atoms with Crippen LogP contribution in [0, 0.1) is 35.5 Å². The largest absolute Gasteiger partial charge is 0.332 e. The molecule has 6 atom stereocenters. The van der Waals surface area contributed by atoms with Crippen LogP contribution >= 0.6 is 0 Å². The summed E-state index contributed by atoms with van der Waals surface area (Å²) in [5.41, 5.74) is 1.30. The second kappa shape index (κ2) is 7.21. The SMILES string of the molecule is CC(C)(C)N[Si](C)(C)C1CC(C2CCCCC2)C2CC3CCCC3CC21. The smallest absolute Gasteiger partial charge is 0.123 e. The van der Waals surface area contributed by atoms with Crippen molar-refractivity contribution in [2.75, 3.05) is 0 Å². The summed E-state index contributed by atoms with van der Waals surface area (Å²) < 4.78 is 0. The fourth-order valence-electron chi connectivity index (χ4n) is 8.37. The van der Waals surface area contributed by atoms with Crippen LogP contribution in [-0.4, -0.2) is 13.8 Å². The molecule has 150 valence electrons. The molecule has 4 saturated carbocycles. The quantitative estimate of drug-likeness (QED) is 0.524. The molecule has 1 nitrogen and oxygen atoms in total. The van der Waals surface area contributed by atoms with Crippen molar-refractivity contribution in [3.63, 3.8) is 0 Å². The summed E-state index contributed by atoms with van der Waals surface area (Å²) >= 11 is 0.